The van der Waals surface area contributed by atoms with Crippen LogP contribution < -0.4 is 5.73 Å². The van der Waals surface area contributed by atoms with Crippen molar-refractivity contribution in [2.75, 3.05) is 13.6 Å². The van der Waals surface area contributed by atoms with Crippen LogP contribution in [0.2, 0.25) is 0 Å². The molecule has 2 nitrogen and oxygen atoms in total. The standard InChI is InChI=1S/C16H30N2/c1-18(15-6-4-2-3-5-7-15)16(12-17)11-13-8-9-14(16)10-13/h13-15H,2-12,17H2,1H3. The number of nitrogens with zero attached hydrogens (tertiary/aromatic N) is 1. The minimum absolute atomic E-state index is 0.373. The SMILES string of the molecule is CN(C1CCCCCC1)C1(CN)CC2CCC1C2. The molecule has 3 aliphatic carbocycles. The summed E-state index contributed by atoms with van der Waals surface area (Å²) in [7, 11) is 2.39. The summed E-state index contributed by atoms with van der Waals surface area (Å²) in [5.74, 6) is 1.90. The van der Waals surface area contributed by atoms with Crippen LogP contribution in [0.4, 0.5) is 0 Å². The van der Waals surface area contributed by atoms with Crippen LogP contribution in [0.15, 0.2) is 0 Å². The molecule has 0 aromatic heterocycles. The van der Waals surface area contributed by atoms with E-state index in [1.165, 1.54) is 64.2 Å². The molecule has 104 valence electrons. The second-order valence-corrected chi connectivity index (χ2v) is 7.14. The number of hydrogen-bond acceptors (Lipinski definition) is 2. The number of likely N-dealkylation sites (N-methyl/N-ethyl adjacent to an activating group) is 1. The molecule has 3 rings (SSSR count). The fourth-order valence-electron chi connectivity index (χ4n) is 5.25. The van der Waals surface area contributed by atoms with Crippen molar-refractivity contribution in [3.8, 4) is 0 Å². The van der Waals surface area contributed by atoms with E-state index in [1.54, 1.807) is 0 Å². The van der Waals surface area contributed by atoms with Gasteiger partial charge >= 0.3 is 0 Å². The quantitative estimate of drug-likeness (QED) is 0.780. The van der Waals surface area contributed by atoms with Gasteiger partial charge in [-0.05, 0) is 51.0 Å². The molecule has 0 aromatic rings. The van der Waals surface area contributed by atoms with Gasteiger partial charge in [0.25, 0.3) is 0 Å². The number of nitrogens with two attached hydrogens (primary N) is 1. The first-order valence-electron chi connectivity index (χ1n) is 8.19. The zero-order valence-corrected chi connectivity index (χ0v) is 12.0. The van der Waals surface area contributed by atoms with E-state index in [0.717, 1.165) is 24.4 Å². The van der Waals surface area contributed by atoms with E-state index in [-0.39, 0.29) is 0 Å². The summed E-state index contributed by atoms with van der Waals surface area (Å²) >= 11 is 0. The molecular formula is C16H30N2. The van der Waals surface area contributed by atoms with E-state index in [4.69, 9.17) is 5.73 Å². The zero-order chi connectivity index (χ0) is 12.6. The van der Waals surface area contributed by atoms with Gasteiger partial charge in [-0.3, -0.25) is 4.90 Å². The molecule has 3 aliphatic rings. The molecule has 0 heterocycles. The molecule has 0 radical (unpaired) electrons. The highest BCUT2D eigenvalue weighted by Crippen LogP contribution is 2.53. The average Bonchev–Trinajstić information content (AvgIpc) is 2.89. The summed E-state index contributed by atoms with van der Waals surface area (Å²) in [4.78, 5) is 2.75. The van der Waals surface area contributed by atoms with Crippen LogP contribution in [0.25, 0.3) is 0 Å². The summed E-state index contributed by atoms with van der Waals surface area (Å²) in [6.45, 7) is 0.890. The molecule has 0 amide bonds. The van der Waals surface area contributed by atoms with Gasteiger partial charge in [-0.2, -0.15) is 0 Å². The lowest BCUT2D eigenvalue weighted by Gasteiger charge is -2.48. The highest BCUT2D eigenvalue weighted by Gasteiger charge is 2.53. The molecule has 3 fully saturated rings. The van der Waals surface area contributed by atoms with Crippen LogP contribution in [0.3, 0.4) is 0 Å². The molecule has 0 aromatic carbocycles. The predicted molar refractivity (Wildman–Crippen MR) is 76.5 cm³/mol. The Kier molecular flexibility index (Phi) is 3.68. The summed E-state index contributed by atoms with van der Waals surface area (Å²) in [5.41, 5.74) is 6.63. The van der Waals surface area contributed by atoms with Crippen LogP contribution >= 0.6 is 0 Å². The van der Waals surface area contributed by atoms with Crippen LogP contribution in [-0.4, -0.2) is 30.1 Å². The van der Waals surface area contributed by atoms with Crippen molar-refractivity contribution in [3.05, 3.63) is 0 Å². The third-order valence-corrected chi connectivity index (χ3v) is 6.37. The first-order valence-corrected chi connectivity index (χ1v) is 8.19. The highest BCUT2D eigenvalue weighted by molar-refractivity contribution is 5.08. The van der Waals surface area contributed by atoms with E-state index >= 15 is 0 Å². The Bertz CT molecular complexity index is 283. The maximum absolute atomic E-state index is 6.26. The fraction of sp³-hybridized carbons (Fsp3) is 1.00. The smallest absolute Gasteiger partial charge is 0.0362 e. The van der Waals surface area contributed by atoms with Gasteiger partial charge in [0.1, 0.15) is 0 Å². The fourth-order valence-corrected chi connectivity index (χ4v) is 5.25. The Hall–Kier alpha value is -0.0800. The van der Waals surface area contributed by atoms with E-state index in [1.807, 2.05) is 0 Å². The van der Waals surface area contributed by atoms with Crippen LogP contribution in [0, 0.1) is 11.8 Å². The highest BCUT2D eigenvalue weighted by atomic mass is 15.2. The lowest BCUT2D eigenvalue weighted by atomic mass is 9.78. The molecule has 3 saturated carbocycles. The summed E-state index contributed by atoms with van der Waals surface area (Å²) in [6, 6.07) is 0.815. The Morgan fingerprint density at radius 3 is 2.28 bits per heavy atom. The van der Waals surface area contributed by atoms with Gasteiger partial charge in [-0.25, -0.2) is 0 Å². The van der Waals surface area contributed by atoms with E-state index < -0.39 is 0 Å². The van der Waals surface area contributed by atoms with Gasteiger partial charge in [-0.15, -0.1) is 0 Å². The third-order valence-electron chi connectivity index (χ3n) is 6.37. The Labute approximate surface area is 112 Å². The largest absolute Gasteiger partial charge is 0.329 e. The Morgan fingerprint density at radius 1 is 1.06 bits per heavy atom. The van der Waals surface area contributed by atoms with Crippen LogP contribution in [0.1, 0.15) is 64.2 Å². The van der Waals surface area contributed by atoms with Crippen molar-refractivity contribution in [1.82, 2.24) is 4.90 Å². The first-order chi connectivity index (χ1) is 8.76. The minimum Gasteiger partial charge on any atom is -0.329 e. The van der Waals surface area contributed by atoms with Crippen molar-refractivity contribution < 1.29 is 0 Å². The second-order valence-electron chi connectivity index (χ2n) is 7.14. The molecular weight excluding hydrogens is 220 g/mol. The maximum Gasteiger partial charge on any atom is 0.0362 e. The Morgan fingerprint density at radius 2 is 1.78 bits per heavy atom. The molecule has 18 heavy (non-hydrogen) atoms. The number of fused-ring (bicyclic) bond motifs is 2. The predicted octanol–water partition coefficient (Wildman–Crippen LogP) is 3.16. The van der Waals surface area contributed by atoms with E-state index in [0.29, 0.717) is 5.54 Å². The molecule has 2 heteroatoms. The molecule has 3 unspecified atom stereocenters. The van der Waals surface area contributed by atoms with Crippen LogP contribution in [0.5, 0.6) is 0 Å². The zero-order valence-electron chi connectivity index (χ0n) is 12.0. The summed E-state index contributed by atoms with van der Waals surface area (Å²) in [5, 5.41) is 0. The van der Waals surface area contributed by atoms with Crippen molar-refractivity contribution in [2.45, 2.75) is 75.8 Å². The number of rotatable bonds is 3. The molecule has 2 bridgehead atoms. The maximum atomic E-state index is 6.26. The molecule has 0 aliphatic heterocycles. The van der Waals surface area contributed by atoms with E-state index in [9.17, 15) is 0 Å². The first kappa shape index (κ1) is 12.9. The Balaban J connectivity index is 1.74. The monoisotopic (exact) mass is 250 g/mol. The van der Waals surface area contributed by atoms with Gasteiger partial charge < -0.3 is 5.73 Å². The average molecular weight is 250 g/mol. The van der Waals surface area contributed by atoms with Gasteiger partial charge in [0.2, 0.25) is 0 Å². The van der Waals surface area contributed by atoms with Crippen molar-refractivity contribution in [2.24, 2.45) is 17.6 Å². The van der Waals surface area contributed by atoms with Gasteiger partial charge in [0.05, 0.1) is 0 Å². The summed E-state index contributed by atoms with van der Waals surface area (Å²) < 4.78 is 0. The van der Waals surface area contributed by atoms with Crippen molar-refractivity contribution in [1.29, 1.82) is 0 Å². The molecule has 2 N–H and O–H groups in total. The number of hydrogen-bond donors (Lipinski definition) is 1. The summed E-state index contributed by atoms with van der Waals surface area (Å²) in [6.07, 6.45) is 14.4. The molecule has 3 atom stereocenters. The lowest BCUT2D eigenvalue weighted by molar-refractivity contribution is 0.0232. The van der Waals surface area contributed by atoms with Crippen LogP contribution in [-0.2, 0) is 0 Å². The van der Waals surface area contributed by atoms with Gasteiger partial charge in [0, 0.05) is 18.1 Å². The van der Waals surface area contributed by atoms with Gasteiger partial charge in [-0.1, -0.05) is 32.1 Å². The van der Waals surface area contributed by atoms with E-state index in [2.05, 4.69) is 11.9 Å². The normalized spacial score (nSPS) is 41.5. The van der Waals surface area contributed by atoms with Gasteiger partial charge in [0.15, 0.2) is 0 Å². The molecule has 0 saturated heterocycles. The lowest BCUT2D eigenvalue weighted by Crippen LogP contribution is -2.58. The second kappa shape index (κ2) is 5.13. The topological polar surface area (TPSA) is 29.3 Å². The van der Waals surface area contributed by atoms with Crippen molar-refractivity contribution >= 4 is 0 Å². The van der Waals surface area contributed by atoms with Crippen molar-refractivity contribution in [3.63, 3.8) is 0 Å². The minimum atomic E-state index is 0.373. The molecule has 0 spiro atoms. The third kappa shape index (κ3) is 2.02.